The van der Waals surface area contributed by atoms with Crippen LogP contribution in [0.5, 0.6) is 0 Å². The smallest absolute Gasteiger partial charge is 0.296 e. The average Bonchev–Trinajstić information content (AvgIpc) is 2.53. The second kappa shape index (κ2) is 7.54. The maximum atomic E-state index is 12.1. The van der Waals surface area contributed by atoms with Crippen molar-refractivity contribution >= 4 is 10.1 Å². The first-order valence-corrected chi connectivity index (χ1v) is 8.53. The molecule has 0 aliphatic carbocycles. The minimum atomic E-state index is -3.79. The van der Waals surface area contributed by atoms with Crippen LogP contribution in [0, 0.1) is 12.8 Å². The van der Waals surface area contributed by atoms with Gasteiger partial charge in [0.25, 0.3) is 10.1 Å². The van der Waals surface area contributed by atoms with Gasteiger partial charge in [0.2, 0.25) is 0 Å². The zero-order valence-corrected chi connectivity index (χ0v) is 13.3. The van der Waals surface area contributed by atoms with E-state index in [1.807, 2.05) is 37.3 Å². The fraction of sp³-hybridized carbons (Fsp3) is 0.294. The summed E-state index contributed by atoms with van der Waals surface area (Å²) < 4.78 is 29.3. The summed E-state index contributed by atoms with van der Waals surface area (Å²) in [5, 5.41) is 9.42. The van der Waals surface area contributed by atoms with Crippen LogP contribution in [0.3, 0.4) is 0 Å². The summed E-state index contributed by atoms with van der Waals surface area (Å²) in [6, 6.07) is 16.1. The van der Waals surface area contributed by atoms with Gasteiger partial charge in [-0.2, -0.15) is 8.42 Å². The predicted molar refractivity (Wildman–Crippen MR) is 85.0 cm³/mol. The zero-order valence-electron chi connectivity index (χ0n) is 12.5. The highest BCUT2D eigenvalue weighted by atomic mass is 32.2. The van der Waals surface area contributed by atoms with Gasteiger partial charge in [-0.15, -0.1) is 0 Å². The van der Waals surface area contributed by atoms with E-state index in [0.717, 1.165) is 11.1 Å². The minimum Gasteiger partial charge on any atom is -0.396 e. The van der Waals surface area contributed by atoms with E-state index in [0.29, 0.717) is 6.42 Å². The number of hydrogen-bond donors (Lipinski definition) is 1. The molecule has 0 radical (unpaired) electrons. The van der Waals surface area contributed by atoms with Crippen molar-refractivity contribution in [1.29, 1.82) is 0 Å². The van der Waals surface area contributed by atoms with Crippen molar-refractivity contribution in [1.82, 2.24) is 0 Å². The fourth-order valence-corrected chi connectivity index (χ4v) is 3.06. The lowest BCUT2D eigenvalue weighted by atomic mass is 10.0. The van der Waals surface area contributed by atoms with Crippen molar-refractivity contribution in [3.8, 4) is 0 Å². The molecule has 0 fully saturated rings. The van der Waals surface area contributed by atoms with Crippen LogP contribution in [-0.4, -0.2) is 26.7 Å². The normalized spacial score (nSPS) is 13.0. The summed E-state index contributed by atoms with van der Waals surface area (Å²) in [5.41, 5.74) is 2.02. The van der Waals surface area contributed by atoms with Gasteiger partial charge in [0.05, 0.1) is 11.5 Å². The summed E-state index contributed by atoms with van der Waals surface area (Å²) in [5.74, 6) is -0.261. The van der Waals surface area contributed by atoms with E-state index in [-0.39, 0.29) is 24.0 Å². The first-order valence-electron chi connectivity index (χ1n) is 7.12. The Kier molecular flexibility index (Phi) is 5.71. The lowest BCUT2D eigenvalue weighted by Gasteiger charge is -2.14. The first-order chi connectivity index (χ1) is 10.5. The molecule has 1 atom stereocenters. The average molecular weight is 320 g/mol. The predicted octanol–water partition coefficient (Wildman–Crippen LogP) is 2.55. The number of aliphatic hydroxyl groups excluding tert-OH is 1. The van der Waals surface area contributed by atoms with E-state index >= 15 is 0 Å². The molecule has 0 aliphatic heterocycles. The Hall–Kier alpha value is -1.69. The molecule has 0 aliphatic rings. The van der Waals surface area contributed by atoms with Crippen molar-refractivity contribution in [3.63, 3.8) is 0 Å². The second-order valence-corrected chi connectivity index (χ2v) is 6.91. The largest absolute Gasteiger partial charge is 0.396 e. The molecule has 2 aromatic carbocycles. The SMILES string of the molecule is Cc1ccc(S(=O)(=O)OCC(CO)Cc2ccccc2)cc1. The van der Waals surface area contributed by atoms with E-state index in [9.17, 15) is 13.5 Å². The molecule has 5 heteroatoms. The third-order valence-electron chi connectivity index (χ3n) is 3.39. The van der Waals surface area contributed by atoms with Crippen LogP contribution in [0.2, 0.25) is 0 Å². The van der Waals surface area contributed by atoms with Crippen molar-refractivity contribution in [3.05, 3.63) is 65.7 Å². The van der Waals surface area contributed by atoms with Gasteiger partial charge >= 0.3 is 0 Å². The molecule has 0 bridgehead atoms. The number of benzene rings is 2. The van der Waals surface area contributed by atoms with Crippen LogP contribution in [0.4, 0.5) is 0 Å². The highest BCUT2D eigenvalue weighted by Crippen LogP contribution is 2.16. The van der Waals surface area contributed by atoms with E-state index in [1.54, 1.807) is 12.1 Å². The van der Waals surface area contributed by atoms with Crippen LogP contribution in [0.1, 0.15) is 11.1 Å². The molecule has 1 unspecified atom stereocenters. The van der Waals surface area contributed by atoms with Crippen LogP contribution in [0.15, 0.2) is 59.5 Å². The molecular weight excluding hydrogens is 300 g/mol. The summed E-state index contributed by atoms with van der Waals surface area (Å²) in [6.07, 6.45) is 0.570. The molecule has 0 saturated carbocycles. The number of rotatable bonds is 7. The minimum absolute atomic E-state index is 0.0401. The summed E-state index contributed by atoms with van der Waals surface area (Å²) in [6.45, 7) is 1.72. The second-order valence-electron chi connectivity index (χ2n) is 5.29. The van der Waals surface area contributed by atoms with Gasteiger partial charge in [0.15, 0.2) is 0 Å². The third-order valence-corrected chi connectivity index (χ3v) is 4.69. The van der Waals surface area contributed by atoms with Crippen LogP contribution >= 0.6 is 0 Å². The van der Waals surface area contributed by atoms with Gasteiger partial charge in [-0.05, 0) is 31.0 Å². The zero-order chi connectivity index (χ0) is 16.0. The molecule has 0 amide bonds. The van der Waals surface area contributed by atoms with Gasteiger partial charge < -0.3 is 5.11 Å². The Morgan fingerprint density at radius 3 is 2.27 bits per heavy atom. The standard InChI is InChI=1S/C17H20O4S/c1-14-7-9-17(10-8-14)22(19,20)21-13-16(12-18)11-15-5-3-2-4-6-15/h2-10,16,18H,11-13H2,1H3. The lowest BCUT2D eigenvalue weighted by molar-refractivity contribution is 0.166. The monoisotopic (exact) mass is 320 g/mol. The highest BCUT2D eigenvalue weighted by Gasteiger charge is 2.18. The van der Waals surface area contributed by atoms with Crippen molar-refractivity contribution in [2.75, 3.05) is 13.2 Å². The van der Waals surface area contributed by atoms with Crippen LogP contribution < -0.4 is 0 Å². The van der Waals surface area contributed by atoms with E-state index < -0.39 is 10.1 Å². The first kappa shape index (κ1) is 16.7. The van der Waals surface area contributed by atoms with E-state index in [4.69, 9.17) is 4.18 Å². The summed E-state index contributed by atoms with van der Waals surface area (Å²) >= 11 is 0. The summed E-state index contributed by atoms with van der Waals surface area (Å²) in [7, 11) is -3.79. The van der Waals surface area contributed by atoms with E-state index in [1.165, 1.54) is 12.1 Å². The molecule has 4 nitrogen and oxygen atoms in total. The van der Waals surface area contributed by atoms with Crippen LogP contribution in [-0.2, 0) is 20.7 Å². The Labute approximate surface area is 131 Å². The van der Waals surface area contributed by atoms with Crippen molar-refractivity contribution < 1.29 is 17.7 Å². The molecule has 0 saturated heterocycles. The fourth-order valence-electron chi connectivity index (χ4n) is 2.08. The Morgan fingerprint density at radius 1 is 1.05 bits per heavy atom. The number of aryl methyl sites for hydroxylation is 1. The molecule has 0 heterocycles. The van der Waals surface area contributed by atoms with Crippen molar-refractivity contribution in [2.45, 2.75) is 18.2 Å². The summed E-state index contributed by atoms with van der Waals surface area (Å²) in [4.78, 5) is 0.134. The van der Waals surface area contributed by atoms with Gasteiger partial charge in [-0.1, -0.05) is 48.0 Å². The molecule has 0 aromatic heterocycles. The molecule has 22 heavy (non-hydrogen) atoms. The molecule has 2 aromatic rings. The topological polar surface area (TPSA) is 63.6 Å². The molecule has 1 N–H and O–H groups in total. The Morgan fingerprint density at radius 2 is 1.68 bits per heavy atom. The van der Waals surface area contributed by atoms with Gasteiger partial charge in [0.1, 0.15) is 0 Å². The van der Waals surface area contributed by atoms with Gasteiger partial charge in [-0.25, -0.2) is 0 Å². The molecule has 0 spiro atoms. The van der Waals surface area contributed by atoms with E-state index in [2.05, 4.69) is 0 Å². The molecular formula is C17H20O4S. The number of hydrogen-bond acceptors (Lipinski definition) is 4. The Balaban J connectivity index is 1.99. The molecule has 118 valence electrons. The van der Waals surface area contributed by atoms with Crippen LogP contribution in [0.25, 0.3) is 0 Å². The number of aliphatic hydroxyl groups is 1. The van der Waals surface area contributed by atoms with Gasteiger partial charge in [0, 0.05) is 12.5 Å². The quantitative estimate of drug-likeness (QED) is 0.796. The highest BCUT2D eigenvalue weighted by molar-refractivity contribution is 7.86. The van der Waals surface area contributed by atoms with Gasteiger partial charge in [-0.3, -0.25) is 4.18 Å². The molecule has 2 rings (SSSR count). The maximum Gasteiger partial charge on any atom is 0.296 e. The third kappa shape index (κ3) is 4.66. The lowest BCUT2D eigenvalue weighted by Crippen LogP contribution is -2.19. The Bertz CT molecular complexity index is 678. The van der Waals surface area contributed by atoms with Crippen molar-refractivity contribution in [2.24, 2.45) is 5.92 Å². The maximum absolute atomic E-state index is 12.1.